The van der Waals surface area contributed by atoms with Crippen LogP contribution < -0.4 is 0 Å². The molecule has 0 amide bonds. The van der Waals surface area contributed by atoms with Crippen molar-refractivity contribution >= 4 is 9.84 Å². The Labute approximate surface area is 44.5 Å². The van der Waals surface area contributed by atoms with Crippen molar-refractivity contribution in [1.82, 2.24) is 0 Å². The summed E-state index contributed by atoms with van der Waals surface area (Å²) in [4.78, 5) is 0. The molecule has 0 N–H and O–H groups in total. The zero-order chi connectivity index (χ0) is 5.91. The fraction of sp³-hybridized carbons (Fsp3) is 0.750. The highest BCUT2D eigenvalue weighted by Gasteiger charge is 1.95. The molecule has 0 aromatic heterocycles. The van der Waals surface area contributed by atoms with Crippen molar-refractivity contribution in [3.05, 3.63) is 6.92 Å². The molecule has 7 heavy (non-hydrogen) atoms. The molecule has 0 rings (SSSR count). The summed E-state index contributed by atoms with van der Waals surface area (Å²) in [6.07, 6.45) is 1.68. The minimum absolute atomic E-state index is 0.201. The predicted molar refractivity (Wildman–Crippen MR) is 29.7 cm³/mol. The molecule has 0 aromatic rings. The predicted octanol–water partition coefficient (Wildman–Crippen LogP) is 0.255. The summed E-state index contributed by atoms with van der Waals surface area (Å²) < 4.78 is 20.4. The van der Waals surface area contributed by atoms with Crippen molar-refractivity contribution in [3.63, 3.8) is 0 Å². The molecule has 0 spiro atoms. The quantitative estimate of drug-likeness (QED) is 0.525. The third-order valence-corrected chi connectivity index (χ3v) is 1.55. The molecule has 0 atom stereocenters. The van der Waals surface area contributed by atoms with Gasteiger partial charge in [-0.25, -0.2) is 8.42 Å². The van der Waals surface area contributed by atoms with Crippen LogP contribution in [0.4, 0.5) is 0 Å². The molecule has 0 aliphatic carbocycles. The average Bonchev–Trinajstić information content (AvgIpc) is 1.30. The van der Waals surface area contributed by atoms with Crippen molar-refractivity contribution in [3.8, 4) is 0 Å². The molecule has 0 heterocycles. The highest BCUT2D eigenvalue weighted by molar-refractivity contribution is 7.90. The van der Waals surface area contributed by atoms with Crippen LogP contribution in [0.3, 0.4) is 0 Å². The molecule has 0 aromatic carbocycles. The highest BCUT2D eigenvalue weighted by atomic mass is 32.2. The van der Waals surface area contributed by atoms with Crippen LogP contribution in [-0.2, 0) is 9.84 Å². The lowest BCUT2D eigenvalue weighted by Crippen LogP contribution is -2.00. The molecule has 0 saturated heterocycles. The second-order valence-corrected chi connectivity index (χ2v) is 3.74. The van der Waals surface area contributed by atoms with Gasteiger partial charge in [0.15, 0.2) is 0 Å². The molecule has 0 fully saturated rings. The Morgan fingerprint density at radius 2 is 2.00 bits per heavy atom. The monoisotopic (exact) mass is 121 g/mol. The first kappa shape index (κ1) is 6.95. The van der Waals surface area contributed by atoms with Gasteiger partial charge in [-0.1, -0.05) is 6.92 Å². The van der Waals surface area contributed by atoms with E-state index < -0.39 is 9.84 Å². The first-order valence-corrected chi connectivity index (χ1v) is 4.09. The normalized spacial score (nSPS) is 11.7. The number of rotatable bonds is 2. The Hall–Kier alpha value is -0.0500. The standard InChI is InChI=1S/C4H9O2S/c1-3-4-7(2,5)6/h1,3-4H2,2H3. The SMILES string of the molecule is [CH2]CCS(C)(=O)=O. The Bertz CT molecular complexity index is 123. The van der Waals surface area contributed by atoms with E-state index in [9.17, 15) is 8.42 Å². The Morgan fingerprint density at radius 1 is 1.57 bits per heavy atom. The third kappa shape index (κ3) is 5.95. The molecule has 43 valence electrons. The van der Waals surface area contributed by atoms with Gasteiger partial charge in [-0.05, 0) is 6.42 Å². The number of hydrogen-bond donors (Lipinski definition) is 0. The van der Waals surface area contributed by atoms with Crippen LogP contribution in [0.15, 0.2) is 0 Å². The van der Waals surface area contributed by atoms with E-state index in [-0.39, 0.29) is 5.75 Å². The van der Waals surface area contributed by atoms with Gasteiger partial charge in [0.1, 0.15) is 9.84 Å². The van der Waals surface area contributed by atoms with Crippen LogP contribution in [0.2, 0.25) is 0 Å². The second-order valence-electron chi connectivity index (χ2n) is 1.48. The first-order chi connectivity index (χ1) is 3.06. The average molecular weight is 121 g/mol. The van der Waals surface area contributed by atoms with E-state index in [0.717, 1.165) is 0 Å². The molecule has 0 saturated carbocycles. The topological polar surface area (TPSA) is 34.1 Å². The smallest absolute Gasteiger partial charge is 0.147 e. The zero-order valence-electron chi connectivity index (χ0n) is 4.35. The molecule has 3 heteroatoms. The third-order valence-electron chi connectivity index (χ3n) is 0.515. The largest absolute Gasteiger partial charge is 0.229 e. The maximum atomic E-state index is 10.2. The molecule has 0 aliphatic rings. The van der Waals surface area contributed by atoms with Gasteiger partial charge in [-0.2, -0.15) is 0 Å². The minimum atomic E-state index is -2.74. The molecule has 1 radical (unpaired) electrons. The Kier molecular flexibility index (Phi) is 2.29. The first-order valence-electron chi connectivity index (χ1n) is 2.03. The van der Waals surface area contributed by atoms with E-state index in [1.807, 2.05) is 0 Å². The molecular weight excluding hydrogens is 112 g/mol. The zero-order valence-corrected chi connectivity index (χ0v) is 5.16. The maximum Gasteiger partial charge on any atom is 0.147 e. The maximum absolute atomic E-state index is 10.2. The van der Waals surface area contributed by atoms with Crippen molar-refractivity contribution in [2.75, 3.05) is 12.0 Å². The lowest BCUT2D eigenvalue weighted by molar-refractivity contribution is 0.601. The fourth-order valence-electron chi connectivity index (χ4n) is 0.262. The lowest BCUT2D eigenvalue weighted by atomic mass is 10.6. The van der Waals surface area contributed by atoms with Crippen LogP contribution in [0.1, 0.15) is 6.42 Å². The molecule has 0 bridgehead atoms. The minimum Gasteiger partial charge on any atom is -0.229 e. The second kappa shape index (κ2) is 2.31. The lowest BCUT2D eigenvalue weighted by Gasteiger charge is -1.87. The van der Waals surface area contributed by atoms with E-state index in [1.165, 1.54) is 6.26 Å². The van der Waals surface area contributed by atoms with Gasteiger partial charge < -0.3 is 0 Å². The van der Waals surface area contributed by atoms with Gasteiger partial charge in [0.2, 0.25) is 0 Å². The highest BCUT2D eigenvalue weighted by Crippen LogP contribution is 1.83. The van der Waals surface area contributed by atoms with Gasteiger partial charge in [0, 0.05) is 12.0 Å². The molecule has 0 aliphatic heterocycles. The van der Waals surface area contributed by atoms with Crippen LogP contribution in [0.5, 0.6) is 0 Å². The van der Waals surface area contributed by atoms with Gasteiger partial charge in [0.05, 0.1) is 0 Å². The molecular formula is C4H9O2S. The van der Waals surface area contributed by atoms with Gasteiger partial charge >= 0.3 is 0 Å². The Morgan fingerprint density at radius 3 is 2.00 bits per heavy atom. The molecule has 2 nitrogen and oxygen atoms in total. The van der Waals surface area contributed by atoms with Crippen LogP contribution in [0.25, 0.3) is 0 Å². The van der Waals surface area contributed by atoms with Crippen molar-refractivity contribution in [2.24, 2.45) is 0 Å². The van der Waals surface area contributed by atoms with E-state index in [1.54, 1.807) is 0 Å². The van der Waals surface area contributed by atoms with Gasteiger partial charge in [-0.3, -0.25) is 0 Å². The number of sulfone groups is 1. The van der Waals surface area contributed by atoms with Gasteiger partial charge in [-0.15, -0.1) is 0 Å². The van der Waals surface area contributed by atoms with Gasteiger partial charge in [0.25, 0.3) is 0 Å². The van der Waals surface area contributed by atoms with E-state index in [4.69, 9.17) is 0 Å². The summed E-state index contributed by atoms with van der Waals surface area (Å²) in [5.41, 5.74) is 0. The van der Waals surface area contributed by atoms with E-state index >= 15 is 0 Å². The Balaban J connectivity index is 3.60. The van der Waals surface area contributed by atoms with Crippen LogP contribution >= 0.6 is 0 Å². The summed E-state index contributed by atoms with van der Waals surface area (Å²) in [5, 5.41) is 0. The summed E-state index contributed by atoms with van der Waals surface area (Å²) >= 11 is 0. The summed E-state index contributed by atoms with van der Waals surface area (Å²) in [7, 11) is -2.74. The summed E-state index contributed by atoms with van der Waals surface area (Å²) in [6.45, 7) is 3.39. The van der Waals surface area contributed by atoms with Crippen molar-refractivity contribution in [1.29, 1.82) is 0 Å². The summed E-state index contributed by atoms with van der Waals surface area (Å²) in [5.74, 6) is 0.201. The van der Waals surface area contributed by atoms with Crippen molar-refractivity contribution < 1.29 is 8.42 Å². The van der Waals surface area contributed by atoms with Crippen molar-refractivity contribution in [2.45, 2.75) is 6.42 Å². The van der Waals surface area contributed by atoms with E-state index in [0.29, 0.717) is 6.42 Å². The fourth-order valence-corrected chi connectivity index (χ4v) is 0.787. The van der Waals surface area contributed by atoms with Crippen LogP contribution in [0, 0.1) is 6.92 Å². The van der Waals surface area contributed by atoms with E-state index in [2.05, 4.69) is 6.92 Å². The number of hydrogen-bond acceptors (Lipinski definition) is 2. The summed E-state index contributed by atoms with van der Waals surface area (Å²) in [6, 6.07) is 0. The molecule has 0 unspecified atom stereocenters. The van der Waals surface area contributed by atoms with Crippen LogP contribution in [-0.4, -0.2) is 20.4 Å².